The number of rotatable bonds is 5. The molecule has 47 heavy (non-hydrogen) atoms. The molecule has 4 aliphatic heterocycles. The van der Waals surface area contributed by atoms with E-state index in [1.165, 1.54) is 0 Å². The number of hydrogen-bond acceptors (Lipinski definition) is 6. The molecule has 0 saturated carbocycles. The number of anilines is 2. The van der Waals surface area contributed by atoms with Crippen molar-refractivity contribution in [1.82, 2.24) is 29.4 Å². The van der Waals surface area contributed by atoms with Crippen molar-refractivity contribution >= 4 is 24.1 Å². The highest BCUT2D eigenvalue weighted by molar-refractivity contribution is 6.67. The number of carbonyl (C=O) groups is 1. The molecule has 3 aromatic rings. The van der Waals surface area contributed by atoms with Crippen molar-refractivity contribution in [2.75, 3.05) is 31.1 Å². The van der Waals surface area contributed by atoms with Crippen LogP contribution in [-0.4, -0.2) is 80.1 Å². The summed E-state index contributed by atoms with van der Waals surface area (Å²) in [4.78, 5) is 18.2. The molecule has 9 nitrogen and oxygen atoms in total. The third kappa shape index (κ3) is 5.81. The molecule has 1 amide bonds. The van der Waals surface area contributed by atoms with Crippen LogP contribution in [0.1, 0.15) is 67.5 Å². The van der Waals surface area contributed by atoms with Gasteiger partial charge in [0.05, 0.1) is 24.8 Å². The second-order valence-corrected chi connectivity index (χ2v) is 13.6. The number of alkyl halides is 4. The summed E-state index contributed by atoms with van der Waals surface area (Å²) in [6, 6.07) is 2.60. The third-order valence-corrected chi connectivity index (χ3v) is 10.6. The average molecular weight is 651 g/mol. The fourth-order valence-corrected chi connectivity index (χ4v) is 8.21. The highest BCUT2D eigenvalue weighted by Crippen LogP contribution is 2.44. The maximum atomic E-state index is 15.1. The van der Waals surface area contributed by atoms with Crippen molar-refractivity contribution in [2.45, 2.75) is 89.1 Å². The van der Waals surface area contributed by atoms with Crippen molar-refractivity contribution in [2.24, 2.45) is 7.05 Å². The van der Waals surface area contributed by atoms with Gasteiger partial charge in [-0.2, -0.15) is 10.2 Å². The Morgan fingerprint density at radius 2 is 1.91 bits per heavy atom. The minimum atomic E-state index is -2.89. The normalized spacial score (nSPS) is 21.9. The van der Waals surface area contributed by atoms with Gasteiger partial charge in [-0.15, -0.1) is 0 Å². The van der Waals surface area contributed by atoms with Gasteiger partial charge in [0.15, 0.2) is 5.82 Å². The molecule has 1 atom stereocenters. The topological polar surface area (TPSA) is 86.2 Å². The summed E-state index contributed by atoms with van der Waals surface area (Å²) in [5.41, 5.74) is 4.68. The van der Waals surface area contributed by atoms with Crippen LogP contribution in [0.15, 0.2) is 24.5 Å². The van der Waals surface area contributed by atoms with E-state index in [-0.39, 0.29) is 23.8 Å². The quantitative estimate of drug-likeness (QED) is 0.256. The first-order valence-electron chi connectivity index (χ1n) is 16.6. The predicted molar refractivity (Wildman–Crippen MR) is 170 cm³/mol. The Hall–Kier alpha value is -3.86. The Morgan fingerprint density at radius 1 is 1.13 bits per heavy atom. The Kier molecular flexibility index (Phi) is 8.31. The molecule has 0 radical (unpaired) electrons. The van der Waals surface area contributed by atoms with Crippen molar-refractivity contribution in [1.29, 1.82) is 5.26 Å². The lowest BCUT2D eigenvalue weighted by atomic mass is 9.41. The lowest BCUT2D eigenvalue weighted by Crippen LogP contribution is -2.54. The van der Waals surface area contributed by atoms with Crippen LogP contribution in [0.3, 0.4) is 0 Å². The molecule has 0 spiro atoms. The van der Waals surface area contributed by atoms with Crippen LogP contribution in [0.4, 0.5) is 29.1 Å². The molecule has 2 aromatic heterocycles. The number of aromatic nitrogens is 4. The lowest BCUT2D eigenvalue weighted by molar-refractivity contribution is -0.129. The summed E-state index contributed by atoms with van der Waals surface area (Å²) in [5, 5.41) is 18.6. The molecule has 0 bridgehead atoms. The standard InChI is InChI=1S/C33H39BF4N8O/c1-21(47)44-13-8-28-27(18-44)32(41-46(28)24-6-11-43(12-7-24)30-5-9-34(20-39)19-33(30,37)38)45-10-3-4-22-14-25(23-16-40-42(2)17-23)26(31(35)36)15-29(22)45/h14-17,24,30-31H,3-13,18-19H2,1-2H3. The molecule has 6 heterocycles. The Bertz CT molecular complexity index is 1710. The van der Waals surface area contributed by atoms with Gasteiger partial charge in [0.1, 0.15) is 0 Å². The summed E-state index contributed by atoms with van der Waals surface area (Å²) < 4.78 is 62.9. The molecular formula is C33H39BF4N8O. The van der Waals surface area contributed by atoms with Crippen LogP contribution in [-0.2, 0) is 31.2 Å². The number of likely N-dealkylation sites (tertiary alicyclic amines) is 1. The minimum Gasteiger partial charge on any atom is -0.338 e. The zero-order chi connectivity index (χ0) is 33.0. The Balaban J connectivity index is 1.21. The molecule has 2 saturated heterocycles. The molecule has 0 N–H and O–H groups in total. The molecule has 248 valence electrons. The van der Waals surface area contributed by atoms with Crippen molar-refractivity contribution in [3.8, 4) is 17.1 Å². The first kappa shape index (κ1) is 31.7. The van der Waals surface area contributed by atoms with Gasteiger partial charge in [0.25, 0.3) is 19.1 Å². The second kappa shape index (κ2) is 12.3. The Labute approximate surface area is 272 Å². The van der Waals surface area contributed by atoms with Crippen LogP contribution >= 0.6 is 0 Å². The first-order valence-corrected chi connectivity index (χ1v) is 16.6. The van der Waals surface area contributed by atoms with Gasteiger partial charge >= 0.3 is 0 Å². The van der Waals surface area contributed by atoms with E-state index in [0.29, 0.717) is 87.4 Å². The molecule has 1 aromatic carbocycles. The highest BCUT2D eigenvalue weighted by Gasteiger charge is 2.50. The average Bonchev–Trinajstić information content (AvgIpc) is 3.66. The lowest BCUT2D eigenvalue weighted by Gasteiger charge is -2.43. The molecule has 2 fully saturated rings. The number of benzene rings is 1. The van der Waals surface area contributed by atoms with E-state index in [1.54, 1.807) is 42.0 Å². The number of aryl methyl sites for hydroxylation is 2. The van der Waals surface area contributed by atoms with E-state index >= 15 is 8.78 Å². The van der Waals surface area contributed by atoms with E-state index in [2.05, 4.69) is 9.78 Å². The number of hydrogen-bond donors (Lipinski definition) is 0. The van der Waals surface area contributed by atoms with E-state index in [4.69, 9.17) is 5.10 Å². The SMILES string of the molecule is CC(=O)N1CCc2c(c(N3CCCc4cc(-c5cnn(C)c5)c(C(F)F)cc43)nn2C2CCN(C3CCB(C#N)CC3(F)F)CC2)C1. The van der Waals surface area contributed by atoms with Gasteiger partial charge in [0, 0.05) is 93.1 Å². The van der Waals surface area contributed by atoms with Crippen LogP contribution in [0, 0.1) is 11.2 Å². The maximum Gasteiger partial charge on any atom is 0.273 e. The number of nitrogens with zero attached hydrogens (tertiary/aromatic N) is 8. The minimum absolute atomic E-state index is 0.00413. The third-order valence-electron chi connectivity index (χ3n) is 10.6. The summed E-state index contributed by atoms with van der Waals surface area (Å²) in [5.74, 6) is -0.214. The van der Waals surface area contributed by atoms with Crippen LogP contribution in [0.25, 0.3) is 11.1 Å². The molecule has 0 aliphatic carbocycles. The largest absolute Gasteiger partial charge is 0.338 e. The van der Waals surface area contributed by atoms with Gasteiger partial charge in [-0.1, -0.05) is 6.32 Å². The molecule has 1 unspecified atom stereocenters. The number of piperidine rings is 1. The number of carbonyl (C=O) groups excluding carboxylic acids is 1. The van der Waals surface area contributed by atoms with Crippen LogP contribution in [0.5, 0.6) is 0 Å². The van der Waals surface area contributed by atoms with Gasteiger partial charge < -0.3 is 9.80 Å². The van der Waals surface area contributed by atoms with Crippen LogP contribution in [0.2, 0.25) is 12.6 Å². The van der Waals surface area contributed by atoms with Gasteiger partial charge in [-0.25, -0.2) is 22.8 Å². The summed E-state index contributed by atoms with van der Waals surface area (Å²) in [7, 11) is 1.76. The highest BCUT2D eigenvalue weighted by atomic mass is 19.3. The zero-order valence-electron chi connectivity index (χ0n) is 26.8. The number of nitriles is 1. The van der Waals surface area contributed by atoms with Crippen LogP contribution < -0.4 is 4.90 Å². The second-order valence-electron chi connectivity index (χ2n) is 13.6. The molecule has 14 heteroatoms. The zero-order valence-corrected chi connectivity index (χ0v) is 26.8. The van der Waals surface area contributed by atoms with Crippen molar-refractivity contribution < 1.29 is 22.4 Å². The predicted octanol–water partition coefficient (Wildman–Crippen LogP) is 5.81. The summed E-state index contributed by atoms with van der Waals surface area (Å²) >= 11 is 0. The molecule has 4 aliphatic rings. The maximum absolute atomic E-state index is 15.1. The van der Waals surface area contributed by atoms with E-state index in [1.807, 2.05) is 21.8 Å². The molecule has 7 rings (SSSR count). The Morgan fingerprint density at radius 3 is 2.57 bits per heavy atom. The smallest absolute Gasteiger partial charge is 0.273 e. The fourth-order valence-electron chi connectivity index (χ4n) is 8.21. The number of halogens is 4. The van der Waals surface area contributed by atoms with E-state index < -0.39 is 25.1 Å². The summed E-state index contributed by atoms with van der Waals surface area (Å²) in [6.07, 6.45) is 4.55. The van der Waals surface area contributed by atoms with Gasteiger partial charge in [-0.3, -0.25) is 19.1 Å². The van der Waals surface area contributed by atoms with Gasteiger partial charge in [0.2, 0.25) is 5.91 Å². The molecular weight excluding hydrogens is 611 g/mol. The van der Waals surface area contributed by atoms with E-state index in [9.17, 15) is 18.8 Å². The fraction of sp³-hybridized carbons (Fsp3) is 0.576. The van der Waals surface area contributed by atoms with Crippen molar-refractivity contribution in [3.05, 3.63) is 46.9 Å². The first-order chi connectivity index (χ1) is 22.5. The van der Waals surface area contributed by atoms with E-state index in [0.717, 1.165) is 29.7 Å². The summed E-state index contributed by atoms with van der Waals surface area (Å²) in [6.45, 7) is 3.51. The number of amides is 1. The monoisotopic (exact) mass is 650 g/mol. The number of fused-ring (bicyclic) bond motifs is 2. The van der Waals surface area contributed by atoms with Crippen molar-refractivity contribution in [3.63, 3.8) is 0 Å². The van der Waals surface area contributed by atoms with Gasteiger partial charge in [-0.05, 0) is 55.4 Å².